The Morgan fingerprint density at radius 1 is 1.08 bits per heavy atom. The highest BCUT2D eigenvalue weighted by Crippen LogP contribution is 2.27. The highest BCUT2D eigenvalue weighted by atomic mass is 32.2. The number of carbonyl (C=O) groups is 1. The lowest BCUT2D eigenvalue weighted by Crippen LogP contribution is -2.27. The third kappa shape index (κ3) is 4.80. The highest BCUT2D eigenvalue weighted by Gasteiger charge is 2.21. The zero-order valence-corrected chi connectivity index (χ0v) is 15.1. The summed E-state index contributed by atoms with van der Waals surface area (Å²) in [5.41, 5.74) is 0.619. The molecule has 0 aliphatic carbocycles. The van der Waals surface area contributed by atoms with Gasteiger partial charge in [0.15, 0.2) is 0 Å². The topological polar surface area (TPSA) is 92.7 Å². The molecule has 0 heterocycles. The second-order valence-corrected chi connectivity index (χ2v) is 7.59. The van der Waals surface area contributed by atoms with Gasteiger partial charge in [0.1, 0.15) is 5.75 Å². The number of hydrogen-bond acceptors (Lipinski definition) is 4. The first-order valence-electron chi connectivity index (χ1n) is 7.82. The molecule has 7 heteroatoms. The summed E-state index contributed by atoms with van der Waals surface area (Å²) in [5, 5.41) is 9.02. The molecule has 0 saturated heterocycles. The minimum Gasteiger partial charge on any atom is -0.491 e. The lowest BCUT2D eigenvalue weighted by molar-refractivity contribution is 0.0696. The van der Waals surface area contributed by atoms with Crippen LogP contribution in [-0.4, -0.2) is 25.6 Å². The van der Waals surface area contributed by atoms with Gasteiger partial charge in [0.25, 0.3) is 0 Å². The van der Waals surface area contributed by atoms with E-state index in [-0.39, 0.29) is 16.6 Å². The van der Waals surface area contributed by atoms with Crippen LogP contribution in [0.2, 0.25) is 0 Å². The fraction of sp³-hybridized carbons (Fsp3) is 0.278. The molecule has 0 aliphatic heterocycles. The highest BCUT2D eigenvalue weighted by molar-refractivity contribution is 7.89. The molecule has 2 aromatic carbocycles. The van der Waals surface area contributed by atoms with Crippen LogP contribution < -0.4 is 9.46 Å². The number of ether oxygens (including phenoxy) is 1. The fourth-order valence-corrected chi connectivity index (χ4v) is 3.63. The second kappa shape index (κ2) is 7.67. The van der Waals surface area contributed by atoms with E-state index in [0.29, 0.717) is 11.3 Å². The molecule has 0 fully saturated rings. The van der Waals surface area contributed by atoms with Gasteiger partial charge in [0, 0.05) is 11.6 Å². The van der Waals surface area contributed by atoms with Gasteiger partial charge in [0.05, 0.1) is 16.6 Å². The van der Waals surface area contributed by atoms with E-state index in [1.807, 2.05) is 19.9 Å². The third-order valence-electron chi connectivity index (χ3n) is 3.47. The summed E-state index contributed by atoms with van der Waals surface area (Å²) in [7, 11) is -3.88. The van der Waals surface area contributed by atoms with Crippen LogP contribution in [0.1, 0.15) is 42.7 Å². The summed E-state index contributed by atoms with van der Waals surface area (Å²) in [4.78, 5) is 10.9. The molecular weight excluding hydrogens is 342 g/mol. The Labute approximate surface area is 147 Å². The molecule has 0 radical (unpaired) electrons. The number of rotatable bonds is 7. The molecule has 0 bridgehead atoms. The van der Waals surface area contributed by atoms with Crippen molar-refractivity contribution in [3.05, 3.63) is 59.7 Å². The molecule has 0 spiro atoms. The van der Waals surface area contributed by atoms with Gasteiger partial charge in [-0.2, -0.15) is 0 Å². The molecule has 25 heavy (non-hydrogen) atoms. The maximum atomic E-state index is 12.6. The summed E-state index contributed by atoms with van der Waals surface area (Å²) in [6.07, 6.45) is -0.0443. The van der Waals surface area contributed by atoms with Crippen molar-refractivity contribution < 1.29 is 23.1 Å². The second-order valence-electron chi connectivity index (χ2n) is 5.88. The summed E-state index contributed by atoms with van der Waals surface area (Å²) in [6.45, 7) is 5.49. The van der Waals surface area contributed by atoms with Gasteiger partial charge in [-0.05, 0) is 45.0 Å². The molecule has 2 N–H and O–H groups in total. The minimum atomic E-state index is -3.88. The predicted molar refractivity (Wildman–Crippen MR) is 94.3 cm³/mol. The van der Waals surface area contributed by atoms with E-state index in [0.717, 1.165) is 6.07 Å². The zero-order valence-electron chi connectivity index (χ0n) is 14.3. The minimum absolute atomic E-state index is 0.0443. The largest absolute Gasteiger partial charge is 0.491 e. The quantitative estimate of drug-likeness (QED) is 0.788. The van der Waals surface area contributed by atoms with Gasteiger partial charge < -0.3 is 9.84 Å². The van der Waals surface area contributed by atoms with Crippen LogP contribution in [0.3, 0.4) is 0 Å². The first kappa shape index (κ1) is 19.0. The van der Waals surface area contributed by atoms with Crippen molar-refractivity contribution in [2.24, 2.45) is 0 Å². The Hall–Kier alpha value is -2.38. The van der Waals surface area contributed by atoms with Crippen LogP contribution in [0, 0.1) is 0 Å². The maximum Gasteiger partial charge on any atom is 0.335 e. The van der Waals surface area contributed by atoms with E-state index in [1.54, 1.807) is 25.1 Å². The summed E-state index contributed by atoms with van der Waals surface area (Å²) >= 11 is 0. The van der Waals surface area contributed by atoms with Gasteiger partial charge in [-0.3, -0.25) is 0 Å². The number of carboxylic acid groups (broad SMARTS) is 1. The van der Waals surface area contributed by atoms with E-state index >= 15 is 0 Å². The smallest absolute Gasteiger partial charge is 0.335 e. The monoisotopic (exact) mass is 363 g/mol. The molecular formula is C18H21NO5S. The van der Waals surface area contributed by atoms with E-state index in [9.17, 15) is 13.2 Å². The van der Waals surface area contributed by atoms with Crippen molar-refractivity contribution in [1.82, 2.24) is 4.72 Å². The SMILES string of the molecule is CC(C)Oc1ccccc1C(C)NS(=O)(=O)c1cccc(C(=O)O)c1. The molecule has 0 aromatic heterocycles. The zero-order chi connectivity index (χ0) is 18.6. The van der Waals surface area contributed by atoms with Crippen LogP contribution in [0.4, 0.5) is 0 Å². The lowest BCUT2D eigenvalue weighted by atomic mass is 10.1. The average molecular weight is 363 g/mol. The number of aromatic carboxylic acids is 1. The molecule has 0 amide bonds. The van der Waals surface area contributed by atoms with E-state index in [2.05, 4.69) is 4.72 Å². The average Bonchev–Trinajstić information content (AvgIpc) is 2.54. The van der Waals surface area contributed by atoms with Crippen molar-refractivity contribution in [3.63, 3.8) is 0 Å². The molecule has 1 unspecified atom stereocenters. The Morgan fingerprint density at radius 3 is 2.40 bits per heavy atom. The maximum absolute atomic E-state index is 12.6. The Bertz CT molecular complexity index is 861. The van der Waals surface area contributed by atoms with Crippen LogP contribution in [0.15, 0.2) is 53.4 Å². The first-order chi connectivity index (χ1) is 11.7. The van der Waals surface area contributed by atoms with Crippen LogP contribution >= 0.6 is 0 Å². The summed E-state index contributed by atoms with van der Waals surface area (Å²) in [6, 6.07) is 11.9. The lowest BCUT2D eigenvalue weighted by Gasteiger charge is -2.20. The van der Waals surface area contributed by atoms with Gasteiger partial charge >= 0.3 is 5.97 Å². The summed E-state index contributed by atoms with van der Waals surface area (Å²) < 4.78 is 33.5. The predicted octanol–water partition coefficient (Wildman–Crippen LogP) is 3.21. The molecule has 1 atom stereocenters. The van der Waals surface area contributed by atoms with Crippen molar-refractivity contribution in [2.45, 2.75) is 37.8 Å². The molecule has 2 aromatic rings. The van der Waals surface area contributed by atoms with Gasteiger partial charge in [-0.15, -0.1) is 0 Å². The summed E-state index contributed by atoms with van der Waals surface area (Å²) in [5.74, 6) is -0.576. The van der Waals surface area contributed by atoms with Gasteiger partial charge in [-0.1, -0.05) is 24.3 Å². The molecule has 2 rings (SSSR count). The fourth-order valence-electron chi connectivity index (χ4n) is 2.36. The Kier molecular flexibility index (Phi) is 5.81. The van der Waals surface area contributed by atoms with Gasteiger partial charge in [0.2, 0.25) is 10.0 Å². The van der Waals surface area contributed by atoms with Crippen molar-refractivity contribution >= 4 is 16.0 Å². The van der Waals surface area contributed by atoms with E-state index < -0.39 is 22.0 Å². The van der Waals surface area contributed by atoms with Gasteiger partial charge in [-0.25, -0.2) is 17.9 Å². The van der Waals surface area contributed by atoms with Crippen molar-refractivity contribution in [2.75, 3.05) is 0 Å². The van der Waals surface area contributed by atoms with E-state index in [4.69, 9.17) is 9.84 Å². The number of para-hydroxylation sites is 1. The Balaban J connectivity index is 2.29. The number of sulfonamides is 1. The van der Waals surface area contributed by atoms with Crippen LogP contribution in [0.25, 0.3) is 0 Å². The normalized spacial score (nSPS) is 12.8. The molecule has 134 valence electrons. The molecule has 6 nitrogen and oxygen atoms in total. The molecule has 0 aliphatic rings. The first-order valence-corrected chi connectivity index (χ1v) is 9.30. The third-order valence-corrected chi connectivity index (χ3v) is 5.01. The number of benzene rings is 2. The Morgan fingerprint density at radius 2 is 1.76 bits per heavy atom. The molecule has 0 saturated carbocycles. The van der Waals surface area contributed by atoms with Crippen LogP contribution in [0.5, 0.6) is 5.75 Å². The standard InChI is InChI=1S/C18H21NO5S/c1-12(2)24-17-10-5-4-9-16(17)13(3)19-25(22,23)15-8-6-7-14(11-15)18(20)21/h4-13,19H,1-3H3,(H,20,21). The number of nitrogens with one attached hydrogen (secondary N) is 1. The van der Waals surface area contributed by atoms with Crippen LogP contribution in [-0.2, 0) is 10.0 Å². The number of carboxylic acids is 1. The van der Waals surface area contributed by atoms with E-state index in [1.165, 1.54) is 18.2 Å². The van der Waals surface area contributed by atoms with Crippen molar-refractivity contribution in [3.8, 4) is 5.75 Å². The number of hydrogen-bond donors (Lipinski definition) is 2. The van der Waals surface area contributed by atoms with Crippen molar-refractivity contribution in [1.29, 1.82) is 0 Å².